The second-order valence-electron chi connectivity index (χ2n) is 6.15. The highest BCUT2D eigenvalue weighted by atomic mass is 79.9. The van der Waals surface area contributed by atoms with Crippen molar-refractivity contribution in [3.05, 3.63) is 52.8 Å². The van der Waals surface area contributed by atoms with Gasteiger partial charge in [0.05, 0.1) is 23.8 Å². The molecule has 6 nitrogen and oxygen atoms in total. The summed E-state index contributed by atoms with van der Waals surface area (Å²) in [7, 11) is 0. The molecular formula is C17H20BrN3O3. The van der Waals surface area contributed by atoms with Crippen molar-refractivity contribution in [1.29, 1.82) is 0 Å². The Kier molecular flexibility index (Phi) is 5.20. The zero-order chi connectivity index (χ0) is 17.0. The fourth-order valence-corrected chi connectivity index (χ4v) is 3.26. The Morgan fingerprint density at radius 2 is 2.17 bits per heavy atom. The molecule has 1 fully saturated rings. The second kappa shape index (κ2) is 7.36. The zero-order valence-electron chi connectivity index (χ0n) is 13.3. The first-order valence-corrected chi connectivity index (χ1v) is 8.69. The number of amides is 1. The molecule has 0 radical (unpaired) electrons. The number of nitrogens with zero attached hydrogens (tertiary/aromatic N) is 3. The summed E-state index contributed by atoms with van der Waals surface area (Å²) < 4.78 is 7.91. The van der Waals surface area contributed by atoms with Crippen molar-refractivity contribution in [1.82, 2.24) is 14.7 Å². The molecule has 1 aromatic carbocycles. The van der Waals surface area contributed by atoms with Gasteiger partial charge in [-0.05, 0) is 34.3 Å². The quantitative estimate of drug-likeness (QED) is 0.866. The fourth-order valence-electron chi connectivity index (χ4n) is 2.93. The van der Waals surface area contributed by atoms with Gasteiger partial charge in [0.15, 0.2) is 0 Å². The van der Waals surface area contributed by atoms with E-state index in [2.05, 4.69) is 21.0 Å². The maximum absolute atomic E-state index is 12.3. The van der Waals surface area contributed by atoms with E-state index < -0.39 is 11.7 Å². The van der Waals surface area contributed by atoms with E-state index in [1.807, 2.05) is 36.5 Å². The molecule has 1 aliphatic rings. The van der Waals surface area contributed by atoms with Crippen molar-refractivity contribution in [3.8, 4) is 0 Å². The number of ether oxygens (including phenoxy) is 1. The number of benzene rings is 1. The molecule has 1 aliphatic heterocycles. The summed E-state index contributed by atoms with van der Waals surface area (Å²) in [5.41, 5.74) is -0.0466. The Labute approximate surface area is 149 Å². The van der Waals surface area contributed by atoms with Gasteiger partial charge in [-0.3, -0.25) is 4.68 Å². The molecule has 128 valence electrons. The van der Waals surface area contributed by atoms with Crippen molar-refractivity contribution in [3.63, 3.8) is 0 Å². The van der Waals surface area contributed by atoms with Crippen LogP contribution in [0.15, 0.2) is 47.2 Å². The lowest BCUT2D eigenvalue weighted by Gasteiger charge is -2.38. The summed E-state index contributed by atoms with van der Waals surface area (Å²) in [6.07, 6.45) is 4.47. The molecule has 7 heteroatoms. The topological polar surface area (TPSA) is 67.6 Å². The van der Waals surface area contributed by atoms with Gasteiger partial charge in [-0.25, -0.2) is 4.79 Å². The molecule has 0 saturated carbocycles. The first kappa shape index (κ1) is 17.0. The number of carbonyl (C=O) groups excluding carboxylic acids is 1. The van der Waals surface area contributed by atoms with Gasteiger partial charge in [0.1, 0.15) is 12.2 Å². The number of hydrogen-bond acceptors (Lipinski definition) is 4. The molecule has 2 aromatic rings. The second-order valence-corrected chi connectivity index (χ2v) is 7.06. The molecule has 24 heavy (non-hydrogen) atoms. The number of rotatable bonds is 4. The van der Waals surface area contributed by atoms with Crippen LogP contribution in [0, 0.1) is 0 Å². The maximum Gasteiger partial charge on any atom is 0.410 e. The van der Waals surface area contributed by atoms with Crippen molar-refractivity contribution in [2.24, 2.45) is 0 Å². The molecule has 2 heterocycles. The standard InChI is InChI=1S/C17H20BrN3O3/c18-15-9-19-21(10-15)13-17(23)7-4-8-20(12-17)16(22)24-11-14-5-2-1-3-6-14/h1-3,5-6,9-10,23H,4,7-8,11-13H2. The largest absolute Gasteiger partial charge is 0.445 e. The van der Waals surface area contributed by atoms with Crippen LogP contribution in [0.4, 0.5) is 4.79 Å². The molecule has 1 amide bonds. The predicted molar refractivity (Wildman–Crippen MR) is 92.3 cm³/mol. The van der Waals surface area contributed by atoms with Gasteiger partial charge in [0.2, 0.25) is 0 Å². The Morgan fingerprint density at radius 1 is 1.38 bits per heavy atom. The molecule has 0 bridgehead atoms. The van der Waals surface area contributed by atoms with Gasteiger partial charge in [-0.1, -0.05) is 30.3 Å². The first-order valence-electron chi connectivity index (χ1n) is 7.90. The fraction of sp³-hybridized carbons (Fsp3) is 0.412. The van der Waals surface area contributed by atoms with Crippen molar-refractivity contribution < 1.29 is 14.6 Å². The average molecular weight is 394 g/mol. The predicted octanol–water partition coefficient (Wildman–Crippen LogP) is 2.81. The summed E-state index contributed by atoms with van der Waals surface area (Å²) in [5, 5.41) is 15.0. The molecule has 1 N–H and O–H groups in total. The van der Waals surface area contributed by atoms with Crippen LogP contribution in [0.5, 0.6) is 0 Å². The summed E-state index contributed by atoms with van der Waals surface area (Å²) in [6, 6.07) is 9.56. The van der Waals surface area contributed by atoms with Crippen LogP contribution in [-0.4, -0.2) is 44.6 Å². The van der Waals surface area contributed by atoms with Crippen LogP contribution in [0.3, 0.4) is 0 Å². The number of aliphatic hydroxyl groups is 1. The van der Waals surface area contributed by atoms with E-state index in [1.54, 1.807) is 15.8 Å². The van der Waals surface area contributed by atoms with E-state index >= 15 is 0 Å². The van der Waals surface area contributed by atoms with Crippen LogP contribution in [0.2, 0.25) is 0 Å². The van der Waals surface area contributed by atoms with Crippen molar-refractivity contribution in [2.45, 2.75) is 31.6 Å². The Hall–Kier alpha value is -1.86. The van der Waals surface area contributed by atoms with Crippen molar-refractivity contribution >= 4 is 22.0 Å². The Bertz CT molecular complexity index is 691. The van der Waals surface area contributed by atoms with Gasteiger partial charge in [0.25, 0.3) is 0 Å². The van der Waals surface area contributed by atoms with Crippen LogP contribution in [0.25, 0.3) is 0 Å². The number of aromatic nitrogens is 2. The molecule has 1 unspecified atom stereocenters. The van der Waals surface area contributed by atoms with Crippen LogP contribution in [0.1, 0.15) is 18.4 Å². The van der Waals surface area contributed by atoms with Crippen LogP contribution in [-0.2, 0) is 17.9 Å². The number of piperidine rings is 1. The van der Waals surface area contributed by atoms with E-state index in [0.717, 1.165) is 16.5 Å². The highest BCUT2D eigenvalue weighted by molar-refractivity contribution is 9.10. The molecular weight excluding hydrogens is 374 g/mol. The summed E-state index contributed by atoms with van der Waals surface area (Å²) in [4.78, 5) is 13.9. The molecule has 1 atom stereocenters. The number of likely N-dealkylation sites (tertiary alicyclic amines) is 1. The molecule has 0 spiro atoms. The van der Waals surface area contributed by atoms with Crippen LogP contribution >= 0.6 is 15.9 Å². The SMILES string of the molecule is O=C(OCc1ccccc1)N1CCCC(O)(Cn2cc(Br)cn2)C1. The Morgan fingerprint density at radius 3 is 2.88 bits per heavy atom. The Balaban J connectivity index is 1.57. The zero-order valence-corrected chi connectivity index (χ0v) is 14.9. The van der Waals surface area contributed by atoms with Gasteiger partial charge in [-0.2, -0.15) is 5.10 Å². The van der Waals surface area contributed by atoms with E-state index in [4.69, 9.17) is 4.74 Å². The minimum absolute atomic E-state index is 0.237. The lowest BCUT2D eigenvalue weighted by molar-refractivity contribution is -0.0438. The smallest absolute Gasteiger partial charge is 0.410 e. The average Bonchev–Trinajstić information content (AvgIpc) is 2.97. The minimum Gasteiger partial charge on any atom is -0.445 e. The third kappa shape index (κ3) is 4.36. The number of β-amino-alcohol motifs (C(OH)–C–C–N with tert-alkyl or cyclic N) is 1. The first-order chi connectivity index (χ1) is 11.5. The van der Waals surface area contributed by atoms with Gasteiger partial charge in [-0.15, -0.1) is 0 Å². The van der Waals surface area contributed by atoms with Crippen LogP contribution < -0.4 is 0 Å². The van der Waals surface area contributed by atoms with Gasteiger partial charge < -0.3 is 14.7 Å². The third-order valence-corrected chi connectivity index (χ3v) is 4.49. The summed E-state index contributed by atoms with van der Waals surface area (Å²) in [5.74, 6) is 0. The van der Waals surface area contributed by atoms with E-state index in [9.17, 15) is 9.90 Å². The third-order valence-electron chi connectivity index (χ3n) is 4.08. The van der Waals surface area contributed by atoms with Crippen molar-refractivity contribution in [2.75, 3.05) is 13.1 Å². The lowest BCUT2D eigenvalue weighted by atomic mass is 9.93. The molecule has 3 rings (SSSR count). The monoisotopic (exact) mass is 393 g/mol. The molecule has 0 aliphatic carbocycles. The summed E-state index contributed by atoms with van der Waals surface area (Å²) >= 11 is 3.34. The molecule has 1 saturated heterocycles. The highest BCUT2D eigenvalue weighted by Gasteiger charge is 2.36. The number of halogens is 1. The normalized spacial score (nSPS) is 20.8. The number of hydrogen-bond donors (Lipinski definition) is 1. The van der Waals surface area contributed by atoms with E-state index in [1.165, 1.54) is 0 Å². The lowest BCUT2D eigenvalue weighted by Crippen LogP contribution is -2.52. The van der Waals surface area contributed by atoms with Gasteiger partial charge >= 0.3 is 6.09 Å². The van der Waals surface area contributed by atoms with Gasteiger partial charge in [0, 0.05) is 12.7 Å². The highest BCUT2D eigenvalue weighted by Crippen LogP contribution is 2.24. The molecule has 1 aromatic heterocycles. The maximum atomic E-state index is 12.3. The minimum atomic E-state index is -0.991. The number of carbonyl (C=O) groups is 1. The summed E-state index contributed by atoms with van der Waals surface area (Å²) in [6.45, 7) is 1.43. The van der Waals surface area contributed by atoms with E-state index in [-0.39, 0.29) is 13.2 Å². The van der Waals surface area contributed by atoms with E-state index in [0.29, 0.717) is 19.5 Å².